The van der Waals surface area contributed by atoms with Crippen LogP contribution in [0.25, 0.3) is 0 Å². The second-order valence-corrected chi connectivity index (χ2v) is 4.41. The minimum Gasteiger partial charge on any atom is -0.369 e. The van der Waals surface area contributed by atoms with Crippen molar-refractivity contribution in [1.82, 2.24) is 0 Å². The van der Waals surface area contributed by atoms with Gasteiger partial charge in [0.05, 0.1) is 4.92 Å². The quantitative estimate of drug-likeness (QED) is 0.670. The minimum absolute atomic E-state index is 0.0626. The minimum atomic E-state index is -1.07. The summed E-state index contributed by atoms with van der Waals surface area (Å²) >= 11 is 0. The number of aliphatic hydroxyl groups excluding tert-OH is 1. The van der Waals surface area contributed by atoms with Crippen LogP contribution in [0.4, 0.5) is 11.4 Å². The van der Waals surface area contributed by atoms with E-state index in [1.807, 2.05) is 0 Å². The number of rotatable bonds is 2. The zero-order valence-corrected chi connectivity index (χ0v) is 10.3. The van der Waals surface area contributed by atoms with Crippen molar-refractivity contribution in [2.45, 2.75) is 6.23 Å². The summed E-state index contributed by atoms with van der Waals surface area (Å²) in [5, 5.41) is 20.8. The lowest BCUT2D eigenvalue weighted by molar-refractivity contribution is -0.384. The molecule has 0 saturated heterocycles. The van der Waals surface area contributed by atoms with Crippen LogP contribution in [0.15, 0.2) is 48.5 Å². The molecule has 3 rings (SSSR count). The highest BCUT2D eigenvalue weighted by Crippen LogP contribution is 2.36. The summed E-state index contributed by atoms with van der Waals surface area (Å²) in [6.45, 7) is 0. The third kappa shape index (κ3) is 1.74. The molecule has 0 saturated carbocycles. The second-order valence-electron chi connectivity index (χ2n) is 4.41. The molecule has 1 unspecified atom stereocenters. The molecule has 100 valence electrons. The average Bonchev–Trinajstić information content (AvgIpc) is 2.72. The van der Waals surface area contributed by atoms with E-state index in [0.29, 0.717) is 16.8 Å². The average molecular weight is 270 g/mol. The van der Waals surface area contributed by atoms with Gasteiger partial charge in [0.15, 0.2) is 6.23 Å². The van der Waals surface area contributed by atoms with E-state index in [0.717, 1.165) is 0 Å². The first-order valence-corrected chi connectivity index (χ1v) is 5.94. The van der Waals surface area contributed by atoms with Crippen LogP contribution >= 0.6 is 0 Å². The number of amides is 1. The third-order valence-corrected chi connectivity index (χ3v) is 3.27. The van der Waals surface area contributed by atoms with Crippen molar-refractivity contribution in [2.75, 3.05) is 4.90 Å². The van der Waals surface area contributed by atoms with E-state index in [1.165, 1.54) is 29.2 Å². The van der Waals surface area contributed by atoms with Crippen LogP contribution in [0.1, 0.15) is 22.1 Å². The van der Waals surface area contributed by atoms with E-state index >= 15 is 0 Å². The third-order valence-electron chi connectivity index (χ3n) is 3.27. The number of nitrogens with zero attached hydrogens (tertiary/aromatic N) is 2. The standard InChI is InChI=1S/C14H10N2O4/c17-13-11-3-1-2-4-12(11)14(18)15(13)9-5-7-10(8-6-9)16(19)20/h1-8,13,17H. The van der Waals surface area contributed by atoms with Crippen molar-refractivity contribution in [1.29, 1.82) is 0 Å². The molecule has 6 heteroatoms. The van der Waals surface area contributed by atoms with E-state index in [4.69, 9.17) is 0 Å². The fourth-order valence-corrected chi connectivity index (χ4v) is 2.29. The Labute approximate surface area is 114 Å². The maximum absolute atomic E-state index is 12.3. The SMILES string of the molecule is O=C1c2ccccc2C(O)N1c1ccc([N+](=O)[O-])cc1. The molecule has 1 atom stereocenters. The number of fused-ring (bicyclic) bond motifs is 1. The van der Waals surface area contributed by atoms with Gasteiger partial charge in [-0.25, -0.2) is 0 Å². The molecule has 6 nitrogen and oxygen atoms in total. The van der Waals surface area contributed by atoms with Gasteiger partial charge in [0, 0.05) is 28.9 Å². The Morgan fingerprint density at radius 2 is 1.75 bits per heavy atom. The Morgan fingerprint density at radius 3 is 2.35 bits per heavy atom. The summed E-state index contributed by atoms with van der Waals surface area (Å²) in [7, 11) is 0. The summed E-state index contributed by atoms with van der Waals surface area (Å²) in [6.07, 6.45) is -1.07. The molecule has 2 aromatic rings. The van der Waals surface area contributed by atoms with E-state index in [-0.39, 0.29) is 11.6 Å². The summed E-state index contributed by atoms with van der Waals surface area (Å²) in [6, 6.07) is 12.3. The van der Waals surface area contributed by atoms with Gasteiger partial charge in [-0.2, -0.15) is 0 Å². The van der Waals surface area contributed by atoms with Crippen LogP contribution in [-0.2, 0) is 0 Å². The normalized spacial score (nSPS) is 17.1. The van der Waals surface area contributed by atoms with Gasteiger partial charge in [-0.15, -0.1) is 0 Å². The number of carbonyl (C=O) groups is 1. The van der Waals surface area contributed by atoms with Crippen LogP contribution < -0.4 is 4.90 Å². The predicted octanol–water partition coefficient (Wildman–Crippen LogP) is 2.25. The highest BCUT2D eigenvalue weighted by Gasteiger charge is 2.36. The molecule has 0 aliphatic carbocycles. The van der Waals surface area contributed by atoms with Gasteiger partial charge < -0.3 is 5.11 Å². The molecule has 1 aliphatic heterocycles. The molecule has 1 aliphatic rings. The van der Waals surface area contributed by atoms with Crippen molar-refractivity contribution >= 4 is 17.3 Å². The molecular formula is C14H10N2O4. The molecule has 0 fully saturated rings. The Kier molecular flexibility index (Phi) is 2.73. The van der Waals surface area contributed by atoms with E-state index in [9.17, 15) is 20.0 Å². The highest BCUT2D eigenvalue weighted by atomic mass is 16.6. The lowest BCUT2D eigenvalue weighted by atomic mass is 10.1. The number of benzene rings is 2. The number of hydrogen-bond donors (Lipinski definition) is 1. The number of anilines is 1. The number of carbonyl (C=O) groups excluding carboxylic acids is 1. The first kappa shape index (κ1) is 12.3. The molecule has 0 spiro atoms. The van der Waals surface area contributed by atoms with Gasteiger partial charge in [0.1, 0.15) is 0 Å². The van der Waals surface area contributed by atoms with E-state index < -0.39 is 11.2 Å². The zero-order chi connectivity index (χ0) is 14.3. The van der Waals surface area contributed by atoms with Crippen LogP contribution in [0.3, 0.4) is 0 Å². The van der Waals surface area contributed by atoms with Gasteiger partial charge in [0.2, 0.25) is 0 Å². The van der Waals surface area contributed by atoms with Crippen molar-refractivity contribution < 1.29 is 14.8 Å². The first-order valence-electron chi connectivity index (χ1n) is 5.94. The maximum Gasteiger partial charge on any atom is 0.269 e. The predicted molar refractivity (Wildman–Crippen MR) is 71.3 cm³/mol. The number of nitro groups is 1. The lowest BCUT2D eigenvalue weighted by Gasteiger charge is -2.20. The number of hydrogen-bond acceptors (Lipinski definition) is 4. The summed E-state index contributed by atoms with van der Waals surface area (Å²) in [5.41, 5.74) is 1.34. The van der Waals surface area contributed by atoms with E-state index in [1.54, 1.807) is 24.3 Å². The molecular weight excluding hydrogens is 260 g/mol. The Morgan fingerprint density at radius 1 is 1.10 bits per heavy atom. The maximum atomic E-state index is 12.3. The Bertz CT molecular complexity index is 697. The fraction of sp³-hybridized carbons (Fsp3) is 0.0714. The number of aliphatic hydroxyl groups is 1. The van der Waals surface area contributed by atoms with Gasteiger partial charge in [0.25, 0.3) is 11.6 Å². The van der Waals surface area contributed by atoms with Crippen molar-refractivity contribution in [2.24, 2.45) is 0 Å². The van der Waals surface area contributed by atoms with Crippen LogP contribution in [0.2, 0.25) is 0 Å². The van der Waals surface area contributed by atoms with Gasteiger partial charge in [-0.05, 0) is 18.2 Å². The summed E-state index contributed by atoms with van der Waals surface area (Å²) < 4.78 is 0. The molecule has 2 aromatic carbocycles. The smallest absolute Gasteiger partial charge is 0.269 e. The van der Waals surface area contributed by atoms with E-state index in [2.05, 4.69) is 0 Å². The van der Waals surface area contributed by atoms with Crippen molar-refractivity contribution in [3.8, 4) is 0 Å². The van der Waals surface area contributed by atoms with Gasteiger partial charge in [-0.1, -0.05) is 18.2 Å². The first-order chi connectivity index (χ1) is 9.59. The molecule has 1 amide bonds. The zero-order valence-electron chi connectivity index (χ0n) is 10.3. The largest absolute Gasteiger partial charge is 0.369 e. The molecule has 1 heterocycles. The Hall–Kier alpha value is -2.73. The monoisotopic (exact) mass is 270 g/mol. The highest BCUT2D eigenvalue weighted by molar-refractivity contribution is 6.10. The number of nitro benzene ring substituents is 1. The lowest BCUT2D eigenvalue weighted by Crippen LogP contribution is -2.27. The molecule has 0 bridgehead atoms. The summed E-state index contributed by atoms with van der Waals surface area (Å²) in [4.78, 5) is 23.6. The fourth-order valence-electron chi connectivity index (χ4n) is 2.29. The molecule has 0 aromatic heterocycles. The van der Waals surface area contributed by atoms with Crippen molar-refractivity contribution in [3.63, 3.8) is 0 Å². The topological polar surface area (TPSA) is 83.7 Å². The second kappa shape index (κ2) is 4.43. The molecule has 0 radical (unpaired) electrons. The summed E-state index contributed by atoms with van der Waals surface area (Å²) in [5.74, 6) is -0.318. The van der Waals surface area contributed by atoms with Crippen LogP contribution in [0, 0.1) is 10.1 Å². The van der Waals surface area contributed by atoms with Crippen molar-refractivity contribution in [3.05, 3.63) is 69.8 Å². The van der Waals surface area contributed by atoms with Crippen LogP contribution in [-0.4, -0.2) is 15.9 Å². The molecule has 20 heavy (non-hydrogen) atoms. The number of non-ortho nitro benzene ring substituents is 1. The van der Waals surface area contributed by atoms with Gasteiger partial charge >= 0.3 is 0 Å². The Balaban J connectivity index is 2.00. The molecule has 1 N–H and O–H groups in total. The van der Waals surface area contributed by atoms with Crippen LogP contribution in [0.5, 0.6) is 0 Å². The van der Waals surface area contributed by atoms with Gasteiger partial charge in [-0.3, -0.25) is 19.8 Å².